The zero-order valence-electron chi connectivity index (χ0n) is 22.3. The third-order valence-corrected chi connectivity index (χ3v) is 7.38. The van der Waals surface area contributed by atoms with Crippen molar-refractivity contribution in [2.45, 2.75) is 30.3 Å². The zero-order valence-corrected chi connectivity index (χ0v) is 23.1. The smallest absolute Gasteiger partial charge is 0.319 e. The molecule has 7 nitrogen and oxygen atoms in total. The molecule has 0 unspecified atom stereocenters. The van der Waals surface area contributed by atoms with Crippen molar-refractivity contribution in [2.75, 3.05) is 5.32 Å². The molecule has 1 aromatic heterocycles. The molecule has 2 amide bonds. The average molecular weight is 563 g/mol. The van der Waals surface area contributed by atoms with Gasteiger partial charge in [0.15, 0.2) is 11.0 Å². The number of nitrogens with zero attached hydrogens (tertiary/aromatic N) is 4. The summed E-state index contributed by atoms with van der Waals surface area (Å²) in [5, 5.41) is 24.9. The molecule has 2 N–H and O–H groups in total. The Labute approximate surface area is 242 Å². The normalized spacial score (nSPS) is 11.4. The van der Waals surface area contributed by atoms with E-state index >= 15 is 0 Å². The van der Waals surface area contributed by atoms with Gasteiger partial charge in [0.05, 0.1) is 17.7 Å². The Morgan fingerprint density at radius 3 is 2.44 bits per heavy atom. The molecule has 204 valence electrons. The van der Waals surface area contributed by atoms with Gasteiger partial charge in [0.2, 0.25) is 0 Å². The number of urea groups is 1. The van der Waals surface area contributed by atoms with Crippen LogP contribution in [-0.4, -0.2) is 20.8 Å². The molecule has 5 aromatic rings. The van der Waals surface area contributed by atoms with Crippen LogP contribution in [0.25, 0.3) is 5.69 Å². The molecule has 1 atom stereocenters. The molecule has 0 saturated heterocycles. The summed E-state index contributed by atoms with van der Waals surface area (Å²) in [6.07, 6.45) is 0.471. The van der Waals surface area contributed by atoms with E-state index < -0.39 is 12.1 Å². The van der Waals surface area contributed by atoms with Crippen LogP contribution in [0.5, 0.6) is 0 Å². The molecule has 41 heavy (non-hydrogen) atoms. The van der Waals surface area contributed by atoms with Gasteiger partial charge in [-0.1, -0.05) is 78.0 Å². The van der Waals surface area contributed by atoms with Crippen LogP contribution in [0.2, 0.25) is 0 Å². The van der Waals surface area contributed by atoms with Gasteiger partial charge in [-0.3, -0.25) is 4.57 Å². The quantitative estimate of drug-likeness (QED) is 0.189. The number of carbonyl (C=O) groups excluding carboxylic acids is 1. The molecular formula is C32H27FN6OS. The molecule has 0 aliphatic carbocycles. The predicted octanol–water partition coefficient (Wildman–Crippen LogP) is 6.98. The minimum Gasteiger partial charge on any atom is -0.327 e. The number of carbonyl (C=O) groups is 1. The molecule has 1 heterocycles. The lowest BCUT2D eigenvalue weighted by Crippen LogP contribution is -2.35. The summed E-state index contributed by atoms with van der Waals surface area (Å²) in [6, 6.07) is 32.1. The van der Waals surface area contributed by atoms with E-state index in [0.29, 0.717) is 34.4 Å². The molecule has 5 rings (SSSR count). The Hall–Kier alpha value is -4.94. The minimum atomic E-state index is -0.537. The van der Waals surface area contributed by atoms with Crippen LogP contribution < -0.4 is 10.6 Å². The van der Waals surface area contributed by atoms with E-state index in [1.54, 1.807) is 36.4 Å². The van der Waals surface area contributed by atoms with Crippen LogP contribution in [0.1, 0.15) is 34.1 Å². The van der Waals surface area contributed by atoms with Gasteiger partial charge in [0, 0.05) is 23.5 Å². The van der Waals surface area contributed by atoms with E-state index in [-0.39, 0.29) is 5.82 Å². The second-order valence-electron chi connectivity index (χ2n) is 9.46. The summed E-state index contributed by atoms with van der Waals surface area (Å²) in [7, 11) is 0. The topological polar surface area (TPSA) is 95.6 Å². The molecule has 0 aliphatic rings. The average Bonchev–Trinajstić information content (AvgIpc) is 3.41. The Morgan fingerprint density at radius 2 is 1.71 bits per heavy atom. The van der Waals surface area contributed by atoms with E-state index in [0.717, 1.165) is 22.4 Å². The Balaban J connectivity index is 1.49. The Kier molecular flexibility index (Phi) is 8.72. The van der Waals surface area contributed by atoms with Gasteiger partial charge in [-0.05, 0) is 60.5 Å². The van der Waals surface area contributed by atoms with E-state index in [9.17, 15) is 14.4 Å². The molecule has 0 aliphatic heterocycles. The fraction of sp³-hybridized carbons (Fsp3) is 0.125. The lowest BCUT2D eigenvalue weighted by atomic mass is 10.1. The molecule has 0 spiro atoms. The number of hydrogen-bond donors (Lipinski definition) is 2. The molecule has 0 fully saturated rings. The first-order valence-electron chi connectivity index (χ1n) is 13.0. The molecule has 9 heteroatoms. The highest BCUT2D eigenvalue weighted by Gasteiger charge is 2.25. The second-order valence-corrected chi connectivity index (χ2v) is 10.4. The van der Waals surface area contributed by atoms with Crippen LogP contribution in [0.3, 0.4) is 0 Å². The molecular weight excluding hydrogens is 535 g/mol. The van der Waals surface area contributed by atoms with E-state index in [2.05, 4.69) is 26.9 Å². The summed E-state index contributed by atoms with van der Waals surface area (Å²) in [4.78, 5) is 13.2. The van der Waals surface area contributed by atoms with Crippen LogP contribution >= 0.6 is 11.8 Å². The first-order chi connectivity index (χ1) is 20.0. The molecule has 4 aromatic carbocycles. The zero-order chi connectivity index (χ0) is 28.6. The number of thioether (sulfide) groups is 1. The number of hydrogen-bond acceptors (Lipinski definition) is 5. The van der Waals surface area contributed by atoms with Crippen LogP contribution in [0.4, 0.5) is 14.9 Å². The third kappa shape index (κ3) is 7.18. The molecule has 0 radical (unpaired) electrons. The predicted molar refractivity (Wildman–Crippen MR) is 158 cm³/mol. The first-order valence-corrected chi connectivity index (χ1v) is 14.0. The van der Waals surface area contributed by atoms with E-state index in [1.807, 2.05) is 66.1 Å². The Bertz CT molecular complexity index is 1660. The molecule has 0 saturated carbocycles. The Morgan fingerprint density at radius 1 is 0.951 bits per heavy atom. The number of nitriles is 1. The summed E-state index contributed by atoms with van der Waals surface area (Å²) >= 11 is 1.48. The monoisotopic (exact) mass is 562 g/mol. The summed E-state index contributed by atoms with van der Waals surface area (Å²) < 4.78 is 15.4. The largest absolute Gasteiger partial charge is 0.327 e. The van der Waals surface area contributed by atoms with Crippen molar-refractivity contribution in [2.24, 2.45) is 0 Å². The highest BCUT2D eigenvalue weighted by atomic mass is 32.2. The van der Waals surface area contributed by atoms with Crippen molar-refractivity contribution in [3.8, 4) is 11.8 Å². The van der Waals surface area contributed by atoms with Crippen molar-refractivity contribution in [1.29, 1.82) is 5.26 Å². The maximum absolute atomic E-state index is 13.4. The number of aryl methyl sites for hydroxylation is 1. The van der Waals surface area contributed by atoms with Gasteiger partial charge in [-0.2, -0.15) is 5.26 Å². The van der Waals surface area contributed by atoms with Gasteiger partial charge in [-0.15, -0.1) is 10.2 Å². The van der Waals surface area contributed by atoms with Gasteiger partial charge < -0.3 is 10.6 Å². The van der Waals surface area contributed by atoms with Crippen molar-refractivity contribution in [1.82, 2.24) is 20.1 Å². The van der Waals surface area contributed by atoms with Crippen LogP contribution in [0.15, 0.2) is 108 Å². The fourth-order valence-corrected chi connectivity index (χ4v) is 5.23. The van der Waals surface area contributed by atoms with Gasteiger partial charge in [0.25, 0.3) is 0 Å². The second kappa shape index (κ2) is 12.9. The number of anilines is 1. The number of aromatic nitrogens is 3. The van der Waals surface area contributed by atoms with E-state index in [4.69, 9.17) is 0 Å². The standard InChI is InChI=1S/C32H27FN6OS/c1-22-10-16-28(17-11-22)39-30(37-38-32(39)41-21-24-12-14-26(33)15-13-24)29(19-23-6-3-2-4-7-23)36-31(40)35-27-9-5-8-25(18-27)20-34/h2-18,29H,19,21H2,1H3,(H2,35,36,40)/t29-/m0/s1. The maximum atomic E-state index is 13.4. The highest BCUT2D eigenvalue weighted by Crippen LogP contribution is 2.29. The van der Waals surface area contributed by atoms with Crippen LogP contribution in [-0.2, 0) is 12.2 Å². The van der Waals surface area contributed by atoms with Gasteiger partial charge >= 0.3 is 6.03 Å². The number of benzene rings is 4. The fourth-order valence-electron chi connectivity index (χ4n) is 4.31. The number of amides is 2. The number of nitrogens with one attached hydrogen (secondary N) is 2. The van der Waals surface area contributed by atoms with Crippen LogP contribution in [0, 0.1) is 24.1 Å². The highest BCUT2D eigenvalue weighted by molar-refractivity contribution is 7.98. The number of halogens is 1. The minimum absolute atomic E-state index is 0.281. The lowest BCUT2D eigenvalue weighted by molar-refractivity contribution is 0.247. The molecule has 0 bridgehead atoms. The van der Waals surface area contributed by atoms with Crippen molar-refractivity contribution >= 4 is 23.5 Å². The summed E-state index contributed by atoms with van der Waals surface area (Å²) in [5.41, 5.74) is 4.90. The summed E-state index contributed by atoms with van der Waals surface area (Å²) in [5.74, 6) is 0.855. The van der Waals surface area contributed by atoms with Gasteiger partial charge in [-0.25, -0.2) is 9.18 Å². The van der Waals surface area contributed by atoms with E-state index in [1.165, 1.54) is 23.9 Å². The van der Waals surface area contributed by atoms with Crippen molar-refractivity contribution in [3.05, 3.63) is 137 Å². The SMILES string of the molecule is Cc1ccc(-n2c(SCc3ccc(F)cc3)nnc2[C@H](Cc2ccccc2)NC(=O)Nc2cccc(C#N)c2)cc1. The van der Waals surface area contributed by atoms with Gasteiger partial charge in [0.1, 0.15) is 5.82 Å². The lowest BCUT2D eigenvalue weighted by Gasteiger charge is -2.21. The van der Waals surface area contributed by atoms with Crippen molar-refractivity contribution < 1.29 is 9.18 Å². The maximum Gasteiger partial charge on any atom is 0.319 e. The summed E-state index contributed by atoms with van der Waals surface area (Å²) in [6.45, 7) is 2.02. The first kappa shape index (κ1) is 27.6. The third-order valence-electron chi connectivity index (χ3n) is 6.38. The number of rotatable bonds is 9. The van der Waals surface area contributed by atoms with Crippen molar-refractivity contribution in [3.63, 3.8) is 0 Å².